The Hall–Kier alpha value is -2.83. The van der Waals surface area contributed by atoms with Gasteiger partial charge in [0.25, 0.3) is 5.92 Å². The quantitative estimate of drug-likeness (QED) is 0.795. The summed E-state index contributed by atoms with van der Waals surface area (Å²) in [6.07, 6.45) is 10.0. The summed E-state index contributed by atoms with van der Waals surface area (Å²) in [5.74, 6) is -2.12. The Labute approximate surface area is 142 Å². The zero-order valence-corrected chi connectivity index (χ0v) is 13.3. The molecule has 1 fully saturated rings. The van der Waals surface area contributed by atoms with Crippen molar-refractivity contribution in [1.29, 1.82) is 0 Å². The van der Waals surface area contributed by atoms with Gasteiger partial charge in [0.15, 0.2) is 0 Å². The molecule has 5 rings (SSSR count). The van der Waals surface area contributed by atoms with Gasteiger partial charge in [0.1, 0.15) is 5.65 Å². The van der Waals surface area contributed by atoms with Crippen LogP contribution < -0.4 is 5.32 Å². The minimum absolute atomic E-state index is 0.151. The highest BCUT2D eigenvalue weighted by Crippen LogP contribution is 2.39. The van der Waals surface area contributed by atoms with Crippen LogP contribution in [-0.2, 0) is 6.42 Å². The van der Waals surface area contributed by atoms with E-state index in [1.165, 1.54) is 0 Å². The lowest BCUT2D eigenvalue weighted by molar-refractivity contribution is -0.0794. The van der Waals surface area contributed by atoms with Crippen molar-refractivity contribution in [3.8, 4) is 0 Å². The van der Waals surface area contributed by atoms with Crippen molar-refractivity contribution in [2.45, 2.75) is 31.2 Å². The van der Waals surface area contributed by atoms with Crippen molar-refractivity contribution in [3.63, 3.8) is 0 Å². The minimum atomic E-state index is -2.55. The van der Waals surface area contributed by atoms with Crippen molar-refractivity contribution in [1.82, 2.24) is 19.4 Å². The fourth-order valence-corrected chi connectivity index (χ4v) is 3.47. The van der Waals surface area contributed by atoms with Gasteiger partial charge < -0.3 is 9.72 Å². The topological polar surface area (TPSA) is 55.1 Å². The predicted octanol–water partition coefficient (Wildman–Crippen LogP) is 3.32. The molecule has 2 aliphatic carbocycles. The number of hydrogen-bond donors (Lipinski definition) is 1. The van der Waals surface area contributed by atoms with Gasteiger partial charge in [0.2, 0.25) is 5.95 Å². The monoisotopic (exact) mass is 339 g/mol. The molecular formula is C18H15F2N5. The third-order valence-electron chi connectivity index (χ3n) is 4.78. The number of allylic oxidation sites excluding steroid dienone is 1. The smallest absolute Gasteiger partial charge is 0.252 e. The molecule has 0 spiro atoms. The van der Waals surface area contributed by atoms with E-state index in [0.29, 0.717) is 12.4 Å². The molecule has 0 amide bonds. The van der Waals surface area contributed by atoms with Crippen LogP contribution in [0.15, 0.2) is 43.0 Å². The SMILES string of the molecule is FC1(F)CC(Nc2ncc3c(n2)CC=C3c2ccc3nccn3c2)C1. The largest absolute Gasteiger partial charge is 0.351 e. The fraction of sp³-hybridized carbons (Fsp3) is 0.278. The fourth-order valence-electron chi connectivity index (χ4n) is 3.47. The normalized spacial score (nSPS) is 18.7. The zero-order chi connectivity index (χ0) is 17.0. The van der Waals surface area contributed by atoms with Crippen molar-refractivity contribution < 1.29 is 8.78 Å². The van der Waals surface area contributed by atoms with Crippen LogP contribution in [0.1, 0.15) is 29.7 Å². The second-order valence-corrected chi connectivity index (χ2v) is 6.59. The zero-order valence-electron chi connectivity index (χ0n) is 13.3. The molecule has 0 aliphatic heterocycles. The van der Waals surface area contributed by atoms with Crippen LogP contribution in [0.2, 0.25) is 0 Å². The van der Waals surface area contributed by atoms with Crippen molar-refractivity contribution in [2.24, 2.45) is 0 Å². The van der Waals surface area contributed by atoms with Crippen LogP contribution in [0.4, 0.5) is 14.7 Å². The Balaban J connectivity index is 1.40. The third-order valence-corrected chi connectivity index (χ3v) is 4.78. The molecular weight excluding hydrogens is 324 g/mol. The molecule has 126 valence electrons. The number of alkyl halides is 2. The first kappa shape index (κ1) is 14.5. The summed E-state index contributed by atoms with van der Waals surface area (Å²) in [5, 5.41) is 3.00. The molecule has 0 bridgehead atoms. The summed E-state index contributed by atoms with van der Waals surface area (Å²) < 4.78 is 27.9. The Morgan fingerprint density at radius 3 is 2.92 bits per heavy atom. The van der Waals surface area contributed by atoms with Gasteiger partial charge in [-0.3, -0.25) is 0 Å². The maximum Gasteiger partial charge on any atom is 0.252 e. The number of anilines is 1. The lowest BCUT2D eigenvalue weighted by Crippen LogP contribution is -2.44. The Kier molecular flexibility index (Phi) is 2.95. The van der Waals surface area contributed by atoms with Crippen molar-refractivity contribution in [2.75, 3.05) is 5.32 Å². The molecule has 25 heavy (non-hydrogen) atoms. The summed E-state index contributed by atoms with van der Waals surface area (Å²) in [6, 6.07) is 3.76. The second kappa shape index (κ2) is 5.08. The number of nitrogens with zero attached hydrogens (tertiary/aromatic N) is 4. The predicted molar refractivity (Wildman–Crippen MR) is 89.6 cm³/mol. The van der Waals surface area contributed by atoms with E-state index in [0.717, 1.165) is 28.0 Å². The van der Waals surface area contributed by atoms with Gasteiger partial charge >= 0.3 is 0 Å². The van der Waals surface area contributed by atoms with Crippen LogP contribution in [-0.4, -0.2) is 31.3 Å². The summed E-state index contributed by atoms with van der Waals surface area (Å²) in [6.45, 7) is 0. The van der Waals surface area contributed by atoms with E-state index in [2.05, 4.69) is 26.3 Å². The number of aromatic nitrogens is 4. The highest BCUT2D eigenvalue weighted by molar-refractivity contribution is 5.83. The van der Waals surface area contributed by atoms with E-state index in [4.69, 9.17) is 0 Å². The lowest BCUT2D eigenvalue weighted by atomic mass is 9.88. The van der Waals surface area contributed by atoms with E-state index >= 15 is 0 Å². The molecule has 0 radical (unpaired) electrons. The van der Waals surface area contributed by atoms with E-state index in [1.807, 2.05) is 28.9 Å². The highest BCUT2D eigenvalue weighted by Gasteiger charge is 2.45. The summed E-state index contributed by atoms with van der Waals surface area (Å²) in [7, 11) is 0. The lowest BCUT2D eigenvalue weighted by Gasteiger charge is -2.35. The number of pyridine rings is 1. The average Bonchev–Trinajstić information content (AvgIpc) is 3.18. The van der Waals surface area contributed by atoms with Gasteiger partial charge in [-0.1, -0.05) is 6.08 Å². The van der Waals surface area contributed by atoms with E-state index in [-0.39, 0.29) is 18.9 Å². The molecule has 1 N–H and O–H groups in total. The molecule has 3 aromatic rings. The number of nitrogens with one attached hydrogen (secondary N) is 1. The van der Waals surface area contributed by atoms with Gasteiger partial charge in [-0.15, -0.1) is 0 Å². The molecule has 0 saturated heterocycles. The van der Waals surface area contributed by atoms with E-state index < -0.39 is 5.92 Å². The average molecular weight is 339 g/mol. The van der Waals surface area contributed by atoms with Gasteiger partial charge in [0, 0.05) is 55.7 Å². The molecule has 2 aliphatic rings. The molecule has 3 heterocycles. The molecule has 0 aromatic carbocycles. The minimum Gasteiger partial charge on any atom is -0.351 e. The number of fused-ring (bicyclic) bond motifs is 2. The second-order valence-electron chi connectivity index (χ2n) is 6.59. The third kappa shape index (κ3) is 2.47. The highest BCUT2D eigenvalue weighted by atomic mass is 19.3. The molecule has 5 nitrogen and oxygen atoms in total. The first-order chi connectivity index (χ1) is 12.1. The number of imidazole rings is 1. The first-order valence-electron chi connectivity index (χ1n) is 8.21. The molecule has 3 aromatic heterocycles. The van der Waals surface area contributed by atoms with Crippen LogP contribution >= 0.6 is 0 Å². The number of hydrogen-bond acceptors (Lipinski definition) is 4. The van der Waals surface area contributed by atoms with Crippen LogP contribution in [0.3, 0.4) is 0 Å². The number of halogens is 2. The van der Waals surface area contributed by atoms with Crippen LogP contribution in [0, 0.1) is 0 Å². The van der Waals surface area contributed by atoms with E-state index in [9.17, 15) is 8.78 Å². The van der Waals surface area contributed by atoms with Gasteiger partial charge in [0.05, 0.1) is 5.69 Å². The van der Waals surface area contributed by atoms with Crippen LogP contribution in [0.5, 0.6) is 0 Å². The number of rotatable bonds is 3. The Bertz CT molecular complexity index is 1000. The van der Waals surface area contributed by atoms with Gasteiger partial charge in [-0.05, 0) is 23.3 Å². The van der Waals surface area contributed by atoms with Crippen molar-refractivity contribution >= 4 is 17.2 Å². The molecule has 0 atom stereocenters. The first-order valence-corrected chi connectivity index (χ1v) is 8.21. The van der Waals surface area contributed by atoms with Gasteiger partial charge in [-0.2, -0.15) is 0 Å². The Morgan fingerprint density at radius 1 is 1.20 bits per heavy atom. The Morgan fingerprint density at radius 2 is 2.08 bits per heavy atom. The van der Waals surface area contributed by atoms with Gasteiger partial charge in [-0.25, -0.2) is 23.7 Å². The summed E-state index contributed by atoms with van der Waals surface area (Å²) in [4.78, 5) is 13.1. The summed E-state index contributed by atoms with van der Waals surface area (Å²) >= 11 is 0. The molecule has 7 heteroatoms. The maximum atomic E-state index is 12.9. The standard InChI is InChI=1S/C18H15F2N5/c19-18(20)7-12(8-18)23-17-22-9-14-13(2-3-15(14)24-17)11-1-4-16-21-5-6-25(16)10-11/h1-2,4-6,9-10,12H,3,7-8H2,(H,22,23,24). The maximum absolute atomic E-state index is 12.9. The summed E-state index contributed by atoms with van der Waals surface area (Å²) in [5.41, 5.74) is 4.98. The molecule has 1 saturated carbocycles. The van der Waals surface area contributed by atoms with Crippen molar-refractivity contribution in [3.05, 3.63) is 59.8 Å². The van der Waals surface area contributed by atoms with E-state index in [1.54, 1.807) is 12.4 Å². The van der Waals surface area contributed by atoms with Crippen LogP contribution in [0.25, 0.3) is 11.2 Å². The molecule has 0 unspecified atom stereocenters.